The van der Waals surface area contributed by atoms with Crippen LogP contribution in [-0.4, -0.2) is 89.9 Å². The van der Waals surface area contributed by atoms with Crippen LogP contribution in [0.5, 0.6) is 0 Å². The van der Waals surface area contributed by atoms with Gasteiger partial charge in [-0.3, -0.25) is 4.79 Å². The zero-order valence-corrected chi connectivity index (χ0v) is 25.0. The first-order valence-electron chi connectivity index (χ1n) is 15.2. The number of benzene rings is 1. The van der Waals surface area contributed by atoms with E-state index in [0.29, 0.717) is 77.6 Å². The molecular weight excluding hydrogens is 557 g/mol. The largest absolute Gasteiger partial charge is 0.386 e. The maximum Gasteiger partial charge on any atom is 0.225 e. The van der Waals surface area contributed by atoms with E-state index in [-0.39, 0.29) is 17.6 Å². The Morgan fingerprint density at radius 1 is 1.12 bits per heavy atom. The molecule has 0 saturated carbocycles. The number of fused-ring (bicyclic) bond motifs is 1. The molecule has 42 heavy (non-hydrogen) atoms. The van der Waals surface area contributed by atoms with Crippen LogP contribution in [0.3, 0.4) is 0 Å². The van der Waals surface area contributed by atoms with Gasteiger partial charge in [0, 0.05) is 43.9 Å². The fourth-order valence-electron chi connectivity index (χ4n) is 6.45. The molecule has 3 aliphatic heterocycles. The summed E-state index contributed by atoms with van der Waals surface area (Å²) in [6, 6.07) is 3.34. The van der Waals surface area contributed by atoms with Gasteiger partial charge in [-0.15, -0.1) is 0 Å². The minimum Gasteiger partial charge on any atom is -0.386 e. The number of aromatic nitrogens is 3. The van der Waals surface area contributed by atoms with Crippen LogP contribution in [0.2, 0.25) is 0 Å². The monoisotopic (exact) mass is 597 g/mol. The third-order valence-corrected chi connectivity index (χ3v) is 9.89. The van der Waals surface area contributed by atoms with Gasteiger partial charge in [0.1, 0.15) is 34.1 Å². The lowest BCUT2D eigenvalue weighted by Gasteiger charge is -2.35. The van der Waals surface area contributed by atoms with E-state index in [2.05, 4.69) is 37.0 Å². The number of anilines is 3. The average Bonchev–Trinajstić information content (AvgIpc) is 3.49. The lowest BCUT2D eigenvalue weighted by molar-refractivity contribution is -0.117. The first kappa shape index (κ1) is 29.2. The van der Waals surface area contributed by atoms with Crippen LogP contribution < -0.4 is 15.1 Å². The Morgan fingerprint density at radius 3 is 2.71 bits per heavy atom. The van der Waals surface area contributed by atoms with Crippen LogP contribution in [0.4, 0.5) is 20.9 Å². The molecule has 2 aromatic heterocycles. The number of nitrogens with zero attached hydrogens (tertiary/aromatic N) is 6. The average molecular weight is 598 g/mol. The quantitative estimate of drug-likeness (QED) is 0.397. The van der Waals surface area contributed by atoms with Gasteiger partial charge < -0.3 is 29.9 Å². The molecular formula is C30H40FN7O3S. The molecule has 5 heterocycles. The molecule has 3 aromatic rings. The number of morpholine rings is 1. The maximum atomic E-state index is 15.3. The number of ether oxygens (including phenoxy) is 1. The second-order valence-corrected chi connectivity index (χ2v) is 12.7. The molecule has 2 atom stereocenters. The van der Waals surface area contributed by atoms with E-state index in [4.69, 9.17) is 4.74 Å². The summed E-state index contributed by atoms with van der Waals surface area (Å²) in [5.74, 6) is 0.744. The van der Waals surface area contributed by atoms with Crippen molar-refractivity contribution in [2.75, 3.05) is 74.1 Å². The van der Waals surface area contributed by atoms with Gasteiger partial charge in [0.15, 0.2) is 0 Å². The number of thiazole rings is 1. The van der Waals surface area contributed by atoms with Gasteiger partial charge >= 0.3 is 0 Å². The first-order chi connectivity index (χ1) is 20.5. The van der Waals surface area contributed by atoms with Crippen molar-refractivity contribution in [3.8, 4) is 0 Å². The zero-order valence-electron chi connectivity index (χ0n) is 24.2. The number of aliphatic hydroxyl groups is 1. The molecule has 1 aromatic carbocycles. The first-order valence-corrected chi connectivity index (χ1v) is 16.0. The fraction of sp³-hybridized carbons (Fsp3) is 0.600. The highest BCUT2D eigenvalue weighted by Gasteiger charge is 2.31. The van der Waals surface area contributed by atoms with Gasteiger partial charge in [-0.25, -0.2) is 19.3 Å². The Hall–Kier alpha value is -2.93. The number of likely N-dealkylation sites (tertiary alicyclic amines) is 1. The van der Waals surface area contributed by atoms with Gasteiger partial charge in [0.05, 0.1) is 30.6 Å². The third kappa shape index (κ3) is 6.51. The second kappa shape index (κ2) is 13.2. The Bertz CT molecular complexity index is 1380. The van der Waals surface area contributed by atoms with Crippen LogP contribution in [0.15, 0.2) is 24.7 Å². The predicted molar refractivity (Wildman–Crippen MR) is 163 cm³/mol. The van der Waals surface area contributed by atoms with E-state index in [1.165, 1.54) is 17.7 Å². The summed E-state index contributed by atoms with van der Waals surface area (Å²) in [6.45, 7) is 9.13. The summed E-state index contributed by atoms with van der Waals surface area (Å²) >= 11 is 1.34. The van der Waals surface area contributed by atoms with Crippen molar-refractivity contribution in [1.29, 1.82) is 0 Å². The molecule has 0 spiro atoms. The number of halogens is 1. The third-order valence-electron chi connectivity index (χ3n) is 8.91. The van der Waals surface area contributed by atoms with E-state index in [0.717, 1.165) is 51.9 Å². The number of aliphatic hydroxyl groups excluding tert-OH is 1. The molecule has 3 saturated heterocycles. The lowest BCUT2D eigenvalue weighted by Crippen LogP contribution is -2.38. The number of carbonyl (C=O) groups is 1. The normalized spacial score (nSPS) is 21.5. The Balaban J connectivity index is 1.10. The van der Waals surface area contributed by atoms with E-state index in [1.54, 1.807) is 18.3 Å². The molecule has 2 unspecified atom stereocenters. The van der Waals surface area contributed by atoms with Gasteiger partial charge in [-0.1, -0.05) is 18.3 Å². The molecule has 3 aliphatic rings. The standard InChI is InChI=1S/C30H40FN7O3S/c1-2-36-8-5-20(6-9-36)14-26(39)35-27-17-32-30(42-27)28(40)21-4-3-7-38(18-21)29-22-15-23(31)25(16-24(22)33-19-34-29)37-10-12-41-13-11-37/h15-17,19-21,28,40H,2-14,18H2,1H3,(H,35,39). The van der Waals surface area contributed by atoms with Crippen molar-refractivity contribution in [2.45, 2.75) is 45.1 Å². The number of carbonyl (C=O) groups excluding carboxylic acids is 1. The Kier molecular flexibility index (Phi) is 9.13. The summed E-state index contributed by atoms with van der Waals surface area (Å²) in [6.07, 6.45) is 6.74. The van der Waals surface area contributed by atoms with Gasteiger partial charge in [-0.05, 0) is 63.4 Å². The van der Waals surface area contributed by atoms with Crippen molar-refractivity contribution in [2.24, 2.45) is 11.8 Å². The summed E-state index contributed by atoms with van der Waals surface area (Å²) in [5, 5.41) is 16.2. The highest BCUT2D eigenvalue weighted by Crippen LogP contribution is 2.37. The van der Waals surface area contributed by atoms with Crippen molar-refractivity contribution in [1.82, 2.24) is 19.9 Å². The molecule has 0 bridgehead atoms. The van der Waals surface area contributed by atoms with E-state index in [9.17, 15) is 9.90 Å². The lowest BCUT2D eigenvalue weighted by atomic mass is 9.92. The van der Waals surface area contributed by atoms with Crippen molar-refractivity contribution in [3.05, 3.63) is 35.5 Å². The number of piperidine rings is 2. The minimum absolute atomic E-state index is 0.0122. The Labute approximate surface area is 249 Å². The summed E-state index contributed by atoms with van der Waals surface area (Å²) in [4.78, 5) is 32.7. The van der Waals surface area contributed by atoms with Crippen LogP contribution in [0.25, 0.3) is 10.9 Å². The highest BCUT2D eigenvalue weighted by atomic mass is 32.1. The van der Waals surface area contributed by atoms with Crippen molar-refractivity contribution >= 4 is 44.7 Å². The molecule has 226 valence electrons. The smallest absolute Gasteiger partial charge is 0.225 e. The molecule has 2 N–H and O–H groups in total. The van der Waals surface area contributed by atoms with Crippen LogP contribution >= 0.6 is 11.3 Å². The number of hydrogen-bond acceptors (Lipinski definition) is 10. The van der Waals surface area contributed by atoms with Crippen LogP contribution in [0, 0.1) is 17.7 Å². The summed E-state index contributed by atoms with van der Waals surface area (Å²) in [7, 11) is 0. The molecule has 3 fully saturated rings. The number of nitrogens with one attached hydrogen (secondary N) is 1. The molecule has 0 radical (unpaired) electrons. The number of rotatable bonds is 8. The highest BCUT2D eigenvalue weighted by molar-refractivity contribution is 7.15. The molecule has 6 rings (SSSR count). The predicted octanol–water partition coefficient (Wildman–Crippen LogP) is 4.07. The molecule has 10 nitrogen and oxygen atoms in total. The maximum absolute atomic E-state index is 15.3. The van der Waals surface area contributed by atoms with Gasteiger partial charge in [0.25, 0.3) is 0 Å². The number of amides is 1. The van der Waals surface area contributed by atoms with Gasteiger partial charge in [0.2, 0.25) is 5.91 Å². The Morgan fingerprint density at radius 2 is 1.93 bits per heavy atom. The number of hydrogen-bond donors (Lipinski definition) is 2. The summed E-state index contributed by atoms with van der Waals surface area (Å²) < 4.78 is 20.7. The van der Waals surface area contributed by atoms with Crippen molar-refractivity contribution in [3.63, 3.8) is 0 Å². The van der Waals surface area contributed by atoms with Gasteiger partial charge in [-0.2, -0.15) is 0 Å². The van der Waals surface area contributed by atoms with Crippen LogP contribution in [0.1, 0.15) is 50.1 Å². The second-order valence-electron chi connectivity index (χ2n) is 11.6. The molecule has 12 heteroatoms. The van der Waals surface area contributed by atoms with Crippen molar-refractivity contribution < 1.29 is 19.0 Å². The molecule has 0 aliphatic carbocycles. The van der Waals surface area contributed by atoms with E-state index in [1.807, 2.05) is 4.90 Å². The van der Waals surface area contributed by atoms with E-state index < -0.39 is 6.10 Å². The minimum atomic E-state index is -0.764. The fourth-order valence-corrected chi connectivity index (χ4v) is 7.37. The molecule has 1 amide bonds. The zero-order chi connectivity index (χ0) is 29.1. The van der Waals surface area contributed by atoms with Crippen LogP contribution in [-0.2, 0) is 9.53 Å². The van der Waals surface area contributed by atoms with E-state index >= 15 is 4.39 Å². The SMILES string of the molecule is CCN1CCC(CC(=O)Nc2cnc(C(O)C3CCCN(c4ncnc5cc(N6CCOCC6)c(F)cc45)C3)s2)CC1. The topological polar surface area (TPSA) is 107 Å². The summed E-state index contributed by atoms with van der Waals surface area (Å²) in [5.41, 5.74) is 1.23.